The molecule has 7 heteroatoms. The molecule has 2 atom stereocenters. The molecule has 1 amide bonds. The maximum atomic E-state index is 13.2. The first-order valence-corrected chi connectivity index (χ1v) is 12.1. The van der Waals surface area contributed by atoms with Gasteiger partial charge in [-0.25, -0.2) is 0 Å². The molecule has 0 aliphatic heterocycles. The lowest BCUT2D eigenvalue weighted by atomic mass is 9.79. The summed E-state index contributed by atoms with van der Waals surface area (Å²) in [4.78, 5) is 15.2. The molecule has 2 aromatic rings. The van der Waals surface area contributed by atoms with Crippen LogP contribution in [0.4, 0.5) is 10.7 Å². The maximum absolute atomic E-state index is 13.2. The van der Waals surface area contributed by atoms with E-state index in [1.165, 1.54) is 4.88 Å². The van der Waals surface area contributed by atoms with Gasteiger partial charge >= 0.3 is 0 Å². The van der Waals surface area contributed by atoms with Gasteiger partial charge in [-0.3, -0.25) is 4.79 Å². The monoisotopic (exact) mass is 458 g/mol. The molecule has 1 heterocycles. The minimum atomic E-state index is -0.0959. The Bertz CT molecular complexity index is 981. The van der Waals surface area contributed by atoms with Crippen LogP contribution >= 0.6 is 35.8 Å². The van der Waals surface area contributed by atoms with Crippen LogP contribution in [0, 0.1) is 18.8 Å². The highest BCUT2D eigenvalue weighted by atomic mass is 32.1. The molecule has 2 aliphatic carbocycles. The second-order valence-corrected chi connectivity index (χ2v) is 10.2. The SMILES string of the molecule is Cc1ccc(NC(=O)c2c(NC(=S)C3CCCCC3C(O)=S)sc3c2CCC3)cc1. The number of anilines is 2. The Hall–Kier alpha value is -1.83. The van der Waals surface area contributed by atoms with Gasteiger partial charge in [0, 0.05) is 22.4 Å². The lowest BCUT2D eigenvalue weighted by Crippen LogP contribution is -2.34. The molecule has 2 unspecified atom stereocenters. The van der Waals surface area contributed by atoms with Gasteiger partial charge in [-0.05, 0) is 68.9 Å². The van der Waals surface area contributed by atoms with Crippen LogP contribution in [-0.2, 0) is 12.8 Å². The normalized spacial score (nSPS) is 20.4. The number of aliphatic hydroxyl groups is 1. The van der Waals surface area contributed by atoms with Crippen molar-refractivity contribution in [2.45, 2.75) is 51.9 Å². The van der Waals surface area contributed by atoms with E-state index >= 15 is 0 Å². The third-order valence-electron chi connectivity index (χ3n) is 6.11. The molecule has 2 aliphatic rings. The number of amides is 1. The van der Waals surface area contributed by atoms with E-state index in [1.54, 1.807) is 11.3 Å². The van der Waals surface area contributed by atoms with E-state index in [1.807, 2.05) is 31.2 Å². The Morgan fingerprint density at radius 2 is 1.73 bits per heavy atom. The molecule has 0 radical (unpaired) electrons. The van der Waals surface area contributed by atoms with Gasteiger partial charge in [-0.2, -0.15) is 0 Å². The molecule has 3 N–H and O–H groups in total. The molecular formula is C23H26N2O2S3. The summed E-state index contributed by atoms with van der Waals surface area (Å²) in [7, 11) is 0. The van der Waals surface area contributed by atoms with E-state index < -0.39 is 0 Å². The number of benzene rings is 1. The fourth-order valence-corrected chi connectivity index (χ4v) is 6.54. The highest BCUT2D eigenvalue weighted by Gasteiger charge is 2.33. The number of fused-ring (bicyclic) bond motifs is 1. The molecule has 0 bridgehead atoms. The molecule has 4 rings (SSSR count). The van der Waals surface area contributed by atoms with Crippen molar-refractivity contribution in [2.75, 3.05) is 10.6 Å². The van der Waals surface area contributed by atoms with Gasteiger partial charge in [0.05, 0.1) is 10.6 Å². The second-order valence-electron chi connectivity index (χ2n) is 8.21. The zero-order valence-electron chi connectivity index (χ0n) is 17.0. The first-order chi connectivity index (χ1) is 14.4. The minimum absolute atomic E-state index is 0.0243. The highest BCUT2D eigenvalue weighted by molar-refractivity contribution is 7.81. The van der Waals surface area contributed by atoms with Gasteiger partial charge in [-0.15, -0.1) is 11.3 Å². The Kier molecular flexibility index (Phi) is 6.51. The van der Waals surface area contributed by atoms with Gasteiger partial charge in [0.15, 0.2) is 5.05 Å². The lowest BCUT2D eigenvalue weighted by Gasteiger charge is -2.30. The van der Waals surface area contributed by atoms with Crippen LogP contribution in [0.15, 0.2) is 24.3 Å². The van der Waals surface area contributed by atoms with Crippen LogP contribution in [0.1, 0.15) is 58.5 Å². The van der Waals surface area contributed by atoms with Crippen LogP contribution in [0.3, 0.4) is 0 Å². The first-order valence-electron chi connectivity index (χ1n) is 10.5. The summed E-state index contributed by atoms with van der Waals surface area (Å²) in [6.45, 7) is 2.02. The van der Waals surface area contributed by atoms with Gasteiger partial charge < -0.3 is 15.7 Å². The highest BCUT2D eigenvalue weighted by Crippen LogP contribution is 2.41. The van der Waals surface area contributed by atoms with Crippen LogP contribution < -0.4 is 10.6 Å². The molecule has 1 aromatic carbocycles. The van der Waals surface area contributed by atoms with Gasteiger partial charge in [-0.1, -0.05) is 42.8 Å². The Labute approximate surface area is 192 Å². The third kappa shape index (κ3) is 4.43. The lowest BCUT2D eigenvalue weighted by molar-refractivity contribution is 0.102. The summed E-state index contributed by atoms with van der Waals surface area (Å²) in [6.07, 6.45) is 6.92. The van der Waals surface area contributed by atoms with Crippen molar-refractivity contribution in [1.29, 1.82) is 0 Å². The number of thiocarbonyl (C=S) groups is 2. The molecular weight excluding hydrogens is 432 g/mol. The molecule has 1 saturated carbocycles. The smallest absolute Gasteiger partial charge is 0.258 e. The number of hydrogen-bond donors (Lipinski definition) is 3. The predicted octanol–water partition coefficient (Wildman–Crippen LogP) is 6.23. The molecule has 158 valence electrons. The average Bonchev–Trinajstić information content (AvgIpc) is 3.30. The largest absolute Gasteiger partial charge is 0.502 e. The quantitative estimate of drug-likeness (QED) is 0.464. The summed E-state index contributed by atoms with van der Waals surface area (Å²) in [5.74, 6) is -0.150. The molecule has 1 fully saturated rings. The van der Waals surface area contributed by atoms with E-state index in [0.717, 1.165) is 66.8 Å². The Balaban J connectivity index is 1.58. The number of nitrogens with one attached hydrogen (secondary N) is 2. The number of hydrogen-bond acceptors (Lipinski definition) is 4. The summed E-state index contributed by atoms with van der Waals surface area (Å²) < 4.78 is 0. The second kappa shape index (κ2) is 9.12. The topological polar surface area (TPSA) is 61.4 Å². The van der Waals surface area contributed by atoms with Crippen LogP contribution in [0.25, 0.3) is 0 Å². The van der Waals surface area contributed by atoms with E-state index in [9.17, 15) is 9.90 Å². The number of aryl methyl sites for hydroxylation is 2. The summed E-state index contributed by atoms with van der Waals surface area (Å²) in [5.41, 5.74) is 3.80. The number of carbonyl (C=O) groups is 1. The zero-order valence-corrected chi connectivity index (χ0v) is 19.4. The predicted molar refractivity (Wildman–Crippen MR) is 132 cm³/mol. The van der Waals surface area contributed by atoms with E-state index in [0.29, 0.717) is 10.6 Å². The number of carbonyl (C=O) groups excluding carboxylic acids is 1. The van der Waals surface area contributed by atoms with Crippen molar-refractivity contribution in [3.05, 3.63) is 45.8 Å². The van der Waals surface area contributed by atoms with E-state index in [-0.39, 0.29) is 22.8 Å². The van der Waals surface area contributed by atoms with Crippen molar-refractivity contribution in [2.24, 2.45) is 11.8 Å². The Morgan fingerprint density at radius 1 is 1.03 bits per heavy atom. The van der Waals surface area contributed by atoms with Crippen LogP contribution in [0.5, 0.6) is 0 Å². The first kappa shape index (κ1) is 21.4. The fourth-order valence-electron chi connectivity index (χ4n) is 4.51. The fraction of sp³-hybridized carbons (Fsp3) is 0.435. The average molecular weight is 459 g/mol. The van der Waals surface area contributed by atoms with Crippen molar-refractivity contribution >= 4 is 62.4 Å². The zero-order chi connectivity index (χ0) is 21.3. The number of thiophene rings is 1. The molecule has 30 heavy (non-hydrogen) atoms. The number of aliphatic hydroxyl groups excluding tert-OH is 1. The molecule has 1 aromatic heterocycles. The Morgan fingerprint density at radius 3 is 2.43 bits per heavy atom. The summed E-state index contributed by atoms with van der Waals surface area (Å²) in [5, 5.41) is 17.3. The van der Waals surface area contributed by atoms with Crippen molar-refractivity contribution < 1.29 is 9.90 Å². The summed E-state index contributed by atoms with van der Waals surface area (Å²) >= 11 is 12.5. The van der Waals surface area contributed by atoms with Crippen LogP contribution in [-0.4, -0.2) is 21.1 Å². The van der Waals surface area contributed by atoms with Gasteiger partial charge in [0.1, 0.15) is 5.00 Å². The molecule has 4 nitrogen and oxygen atoms in total. The standard InChI is InChI=1S/C23H26N2O2S3/c1-13-9-11-14(12-10-13)24-20(26)19-17-7-4-8-18(17)30-22(19)25-21(28)15-5-2-3-6-16(15)23(27)29/h9-12,15-16H,2-8H2,1H3,(H,24,26)(H,25,28)(H,27,29). The van der Waals surface area contributed by atoms with Gasteiger partial charge in [0.25, 0.3) is 5.91 Å². The van der Waals surface area contributed by atoms with Crippen LogP contribution in [0.2, 0.25) is 0 Å². The maximum Gasteiger partial charge on any atom is 0.258 e. The molecule has 0 saturated heterocycles. The minimum Gasteiger partial charge on any atom is -0.502 e. The van der Waals surface area contributed by atoms with Crippen molar-refractivity contribution in [1.82, 2.24) is 0 Å². The van der Waals surface area contributed by atoms with Crippen molar-refractivity contribution in [3.8, 4) is 0 Å². The summed E-state index contributed by atoms with van der Waals surface area (Å²) in [6, 6.07) is 7.82. The van der Waals surface area contributed by atoms with Gasteiger partial charge in [0.2, 0.25) is 0 Å². The third-order valence-corrected chi connectivity index (χ3v) is 8.03. The van der Waals surface area contributed by atoms with Crippen molar-refractivity contribution in [3.63, 3.8) is 0 Å². The molecule has 0 spiro atoms. The van der Waals surface area contributed by atoms with E-state index in [4.69, 9.17) is 24.4 Å². The number of rotatable bonds is 5. The van der Waals surface area contributed by atoms with E-state index in [2.05, 4.69) is 10.6 Å².